The van der Waals surface area contributed by atoms with Gasteiger partial charge >= 0.3 is 5.97 Å². The lowest BCUT2D eigenvalue weighted by Gasteiger charge is -2.10. The molecule has 3 aromatic heterocycles. The minimum absolute atomic E-state index is 0.127. The van der Waals surface area contributed by atoms with Crippen molar-refractivity contribution in [3.05, 3.63) is 78.5 Å². The minimum Gasteiger partial charge on any atom is -0.481 e. The molecule has 28 heavy (non-hydrogen) atoms. The molecule has 0 unspecified atom stereocenters. The molecule has 4 aromatic rings. The van der Waals surface area contributed by atoms with E-state index in [2.05, 4.69) is 15.3 Å². The van der Waals surface area contributed by atoms with Gasteiger partial charge in [-0.25, -0.2) is 9.97 Å². The summed E-state index contributed by atoms with van der Waals surface area (Å²) in [5.74, 6) is -0.0875. The first-order chi connectivity index (χ1) is 13.7. The molecule has 3 heterocycles. The number of fused-ring (bicyclic) bond motifs is 1. The van der Waals surface area contributed by atoms with Crippen molar-refractivity contribution in [3.63, 3.8) is 0 Å². The number of hydrogen-bond donors (Lipinski definition) is 2. The van der Waals surface area contributed by atoms with Gasteiger partial charge < -0.3 is 14.8 Å². The van der Waals surface area contributed by atoms with Crippen molar-refractivity contribution in [3.8, 4) is 11.3 Å². The van der Waals surface area contributed by atoms with Gasteiger partial charge in [0.15, 0.2) is 11.5 Å². The minimum atomic E-state index is -0.791. The first kappa shape index (κ1) is 17.7. The second-order valence-electron chi connectivity index (χ2n) is 6.43. The summed E-state index contributed by atoms with van der Waals surface area (Å²) in [5, 5.41) is 12.2. The number of carboxylic acid groups (broad SMARTS) is 1. The van der Waals surface area contributed by atoms with Crippen molar-refractivity contribution < 1.29 is 9.90 Å². The molecule has 7 heteroatoms. The van der Waals surface area contributed by atoms with Gasteiger partial charge in [0.05, 0.1) is 5.69 Å². The molecule has 0 radical (unpaired) electrons. The molecule has 0 amide bonds. The quantitative estimate of drug-likeness (QED) is 0.516. The van der Waals surface area contributed by atoms with Gasteiger partial charge in [0.1, 0.15) is 0 Å². The number of carboxylic acids is 1. The number of pyridine rings is 1. The van der Waals surface area contributed by atoms with Gasteiger partial charge in [0.2, 0.25) is 0 Å². The Morgan fingerprint density at radius 1 is 1.04 bits per heavy atom. The largest absolute Gasteiger partial charge is 0.481 e. The molecule has 4 rings (SSSR count). The van der Waals surface area contributed by atoms with E-state index in [9.17, 15) is 4.79 Å². The Bertz CT molecular complexity index is 1090. The summed E-state index contributed by atoms with van der Waals surface area (Å²) in [4.78, 5) is 23.9. The Balaban J connectivity index is 1.60. The van der Waals surface area contributed by atoms with Crippen molar-refractivity contribution in [1.29, 1.82) is 0 Å². The van der Waals surface area contributed by atoms with Crippen LogP contribution in [0.1, 0.15) is 17.5 Å². The zero-order valence-electron chi connectivity index (χ0n) is 15.1. The maximum absolute atomic E-state index is 10.7. The number of anilines is 1. The third-order valence-corrected chi connectivity index (χ3v) is 4.46. The molecule has 0 aliphatic rings. The molecule has 7 nitrogen and oxygen atoms in total. The Kier molecular flexibility index (Phi) is 4.97. The van der Waals surface area contributed by atoms with Crippen molar-refractivity contribution >= 4 is 17.4 Å². The highest BCUT2D eigenvalue weighted by Gasteiger charge is 2.09. The second-order valence-corrected chi connectivity index (χ2v) is 6.43. The number of aromatic nitrogens is 4. The number of nitrogens with zero attached hydrogens (tertiary/aromatic N) is 4. The summed E-state index contributed by atoms with van der Waals surface area (Å²) in [6, 6.07) is 11.7. The normalized spacial score (nSPS) is 10.9. The summed E-state index contributed by atoms with van der Waals surface area (Å²) < 4.78 is 1.94. The van der Waals surface area contributed by atoms with Gasteiger partial charge in [-0.15, -0.1) is 0 Å². The first-order valence-corrected chi connectivity index (χ1v) is 8.96. The van der Waals surface area contributed by atoms with Gasteiger partial charge in [-0.2, -0.15) is 0 Å². The van der Waals surface area contributed by atoms with Gasteiger partial charge in [0, 0.05) is 49.5 Å². The van der Waals surface area contributed by atoms with Crippen LogP contribution in [0.25, 0.3) is 16.9 Å². The zero-order valence-corrected chi connectivity index (χ0v) is 15.1. The lowest BCUT2D eigenvalue weighted by molar-refractivity contribution is -0.136. The van der Waals surface area contributed by atoms with E-state index in [1.165, 1.54) is 0 Å². The summed E-state index contributed by atoms with van der Waals surface area (Å²) in [7, 11) is 0. The van der Waals surface area contributed by atoms with Gasteiger partial charge in [-0.3, -0.25) is 9.78 Å². The number of carbonyl (C=O) groups is 1. The van der Waals surface area contributed by atoms with E-state index in [4.69, 9.17) is 10.1 Å². The topological polar surface area (TPSA) is 92.4 Å². The van der Waals surface area contributed by atoms with Crippen LogP contribution in [0.2, 0.25) is 0 Å². The van der Waals surface area contributed by atoms with Crippen molar-refractivity contribution in [1.82, 2.24) is 19.4 Å². The first-order valence-electron chi connectivity index (χ1n) is 8.96. The van der Waals surface area contributed by atoms with E-state index < -0.39 is 5.97 Å². The van der Waals surface area contributed by atoms with Gasteiger partial charge in [0.25, 0.3) is 0 Å². The number of benzene rings is 1. The third kappa shape index (κ3) is 3.98. The number of hydrogen-bond acceptors (Lipinski definition) is 5. The summed E-state index contributed by atoms with van der Waals surface area (Å²) in [6.07, 6.45) is 9.73. The third-order valence-electron chi connectivity index (χ3n) is 4.46. The number of rotatable bonds is 7. The lowest BCUT2D eigenvalue weighted by atomic mass is 10.1. The molecule has 0 aliphatic heterocycles. The zero-order chi connectivity index (χ0) is 19.3. The summed E-state index contributed by atoms with van der Waals surface area (Å²) in [6.45, 7) is 0.621. The highest BCUT2D eigenvalue weighted by atomic mass is 16.4. The number of imidazole rings is 1. The predicted octanol–water partition coefficient (Wildman–Crippen LogP) is 3.42. The van der Waals surface area contributed by atoms with E-state index in [1.807, 2.05) is 53.2 Å². The fourth-order valence-electron chi connectivity index (χ4n) is 2.97. The van der Waals surface area contributed by atoms with Crippen LogP contribution in [0.3, 0.4) is 0 Å². The van der Waals surface area contributed by atoms with E-state index in [0.717, 1.165) is 28.0 Å². The molecule has 0 aliphatic carbocycles. The highest BCUT2D eigenvalue weighted by Crippen LogP contribution is 2.23. The molecule has 1 aromatic carbocycles. The summed E-state index contributed by atoms with van der Waals surface area (Å²) >= 11 is 0. The van der Waals surface area contributed by atoms with Crippen LogP contribution in [-0.4, -0.2) is 30.4 Å². The SMILES string of the molecule is O=C(O)CCc1ccc(-c2cn3ccnc3c(NCc3ccncc3)n2)cc1. The smallest absolute Gasteiger partial charge is 0.303 e. The number of aryl methyl sites for hydroxylation is 1. The number of aliphatic carboxylic acids is 1. The summed E-state index contributed by atoms with van der Waals surface area (Å²) in [5.41, 5.74) is 4.63. The predicted molar refractivity (Wildman–Crippen MR) is 106 cm³/mol. The molecule has 0 saturated heterocycles. The molecule has 0 spiro atoms. The van der Waals surface area contributed by atoms with E-state index >= 15 is 0 Å². The molecular formula is C21H19N5O2. The molecule has 0 saturated carbocycles. The Labute approximate surface area is 161 Å². The lowest BCUT2D eigenvalue weighted by Crippen LogP contribution is -2.05. The van der Waals surface area contributed by atoms with E-state index in [1.54, 1.807) is 18.6 Å². The van der Waals surface area contributed by atoms with Crippen LogP contribution in [0, 0.1) is 0 Å². The van der Waals surface area contributed by atoms with Gasteiger partial charge in [-0.05, 0) is 29.7 Å². The van der Waals surface area contributed by atoms with Gasteiger partial charge in [-0.1, -0.05) is 24.3 Å². The maximum Gasteiger partial charge on any atom is 0.303 e. The standard InChI is InChI=1S/C21H19N5O2/c27-19(28)6-3-15-1-4-17(5-2-15)18-14-26-12-11-23-21(26)20(25-18)24-13-16-7-9-22-10-8-16/h1-2,4-5,7-12,14H,3,6,13H2,(H,24,25)(H,27,28). The fourth-order valence-corrected chi connectivity index (χ4v) is 2.97. The van der Waals surface area contributed by atoms with Crippen LogP contribution in [0.4, 0.5) is 5.82 Å². The molecule has 140 valence electrons. The Hall–Kier alpha value is -3.74. The van der Waals surface area contributed by atoms with Crippen molar-refractivity contribution in [2.24, 2.45) is 0 Å². The fraction of sp³-hybridized carbons (Fsp3) is 0.143. The van der Waals surface area contributed by atoms with E-state index in [0.29, 0.717) is 18.8 Å². The van der Waals surface area contributed by atoms with Crippen LogP contribution in [-0.2, 0) is 17.8 Å². The second kappa shape index (κ2) is 7.87. The molecule has 0 fully saturated rings. The van der Waals surface area contributed by atoms with Crippen molar-refractivity contribution in [2.45, 2.75) is 19.4 Å². The molecular weight excluding hydrogens is 354 g/mol. The van der Waals surface area contributed by atoms with Crippen LogP contribution < -0.4 is 5.32 Å². The average Bonchev–Trinajstić information content (AvgIpc) is 3.20. The van der Waals surface area contributed by atoms with E-state index in [-0.39, 0.29) is 6.42 Å². The number of nitrogens with one attached hydrogen (secondary N) is 1. The van der Waals surface area contributed by atoms with Crippen molar-refractivity contribution in [2.75, 3.05) is 5.32 Å². The molecule has 2 N–H and O–H groups in total. The van der Waals surface area contributed by atoms with Crippen LogP contribution in [0.5, 0.6) is 0 Å². The Morgan fingerprint density at radius 3 is 2.57 bits per heavy atom. The maximum atomic E-state index is 10.7. The van der Waals surface area contributed by atoms with Crippen LogP contribution >= 0.6 is 0 Å². The Morgan fingerprint density at radius 2 is 1.82 bits per heavy atom. The molecule has 0 bridgehead atoms. The van der Waals surface area contributed by atoms with Crippen LogP contribution in [0.15, 0.2) is 67.4 Å². The average molecular weight is 373 g/mol. The monoisotopic (exact) mass is 373 g/mol. The highest BCUT2D eigenvalue weighted by molar-refractivity contribution is 5.70. The molecule has 0 atom stereocenters.